The predicted molar refractivity (Wildman–Crippen MR) is 59.9 cm³/mol. The van der Waals surface area contributed by atoms with Crippen LogP contribution in [0.5, 0.6) is 11.5 Å². The van der Waals surface area contributed by atoms with Gasteiger partial charge >= 0.3 is 5.97 Å². The predicted octanol–water partition coefficient (Wildman–Crippen LogP) is 1.90. The molecule has 0 spiro atoms. The van der Waals surface area contributed by atoms with E-state index < -0.39 is 5.97 Å². The molecule has 0 unspecified atom stereocenters. The van der Waals surface area contributed by atoms with E-state index in [0.717, 1.165) is 0 Å². The molecule has 0 aliphatic rings. The highest BCUT2D eigenvalue weighted by Gasteiger charge is 2.04. The van der Waals surface area contributed by atoms with E-state index in [4.69, 9.17) is 9.84 Å². The van der Waals surface area contributed by atoms with Crippen molar-refractivity contribution >= 4 is 5.97 Å². The van der Waals surface area contributed by atoms with E-state index in [2.05, 4.69) is 9.97 Å². The Morgan fingerprint density at radius 1 is 1.12 bits per heavy atom. The molecule has 17 heavy (non-hydrogen) atoms. The van der Waals surface area contributed by atoms with Crippen LogP contribution in [-0.2, 0) is 11.2 Å². The number of para-hydroxylation sites is 1. The maximum atomic E-state index is 10.4. The number of nitrogens with zero attached hydrogens (tertiary/aromatic N) is 2. The Balaban J connectivity index is 2.06. The third kappa shape index (κ3) is 3.27. The van der Waals surface area contributed by atoms with Crippen LogP contribution in [0.2, 0.25) is 0 Å². The highest BCUT2D eigenvalue weighted by Crippen LogP contribution is 2.18. The monoisotopic (exact) mass is 230 g/mol. The Kier molecular flexibility index (Phi) is 3.30. The number of carboxylic acid groups (broad SMARTS) is 1. The quantitative estimate of drug-likeness (QED) is 0.868. The third-order valence-electron chi connectivity index (χ3n) is 1.97. The summed E-state index contributed by atoms with van der Waals surface area (Å²) in [7, 11) is 0. The number of aromatic nitrogens is 2. The zero-order valence-corrected chi connectivity index (χ0v) is 8.91. The summed E-state index contributed by atoms with van der Waals surface area (Å²) in [6, 6.07) is 9.22. The van der Waals surface area contributed by atoms with Gasteiger partial charge in [-0.2, -0.15) is 0 Å². The molecule has 0 radical (unpaired) electrons. The van der Waals surface area contributed by atoms with Crippen molar-refractivity contribution in [3.05, 3.63) is 48.5 Å². The van der Waals surface area contributed by atoms with Gasteiger partial charge in [-0.3, -0.25) is 4.79 Å². The van der Waals surface area contributed by atoms with Gasteiger partial charge in [-0.25, -0.2) is 9.97 Å². The summed E-state index contributed by atoms with van der Waals surface area (Å²) in [6.45, 7) is 0. The molecule has 1 aromatic carbocycles. The first-order valence-corrected chi connectivity index (χ1v) is 4.99. The molecule has 1 N–H and O–H groups in total. The number of hydrogen-bond acceptors (Lipinski definition) is 4. The van der Waals surface area contributed by atoms with Crippen molar-refractivity contribution in [2.75, 3.05) is 0 Å². The van der Waals surface area contributed by atoms with Crippen LogP contribution >= 0.6 is 0 Å². The Hall–Kier alpha value is -2.43. The SMILES string of the molecule is O=C(O)Cc1ncc(Oc2ccccc2)cn1. The van der Waals surface area contributed by atoms with E-state index in [0.29, 0.717) is 11.5 Å². The number of aliphatic carboxylic acids is 1. The lowest BCUT2D eigenvalue weighted by Gasteiger charge is -2.04. The maximum absolute atomic E-state index is 10.4. The number of benzene rings is 1. The van der Waals surface area contributed by atoms with Crippen molar-refractivity contribution in [2.24, 2.45) is 0 Å². The van der Waals surface area contributed by atoms with Crippen LogP contribution in [0.4, 0.5) is 0 Å². The largest absolute Gasteiger partial charge is 0.481 e. The molecule has 0 fully saturated rings. The molecular weight excluding hydrogens is 220 g/mol. The molecule has 0 aliphatic heterocycles. The molecule has 5 heteroatoms. The molecule has 1 aromatic heterocycles. The van der Waals surface area contributed by atoms with Gasteiger partial charge in [0.15, 0.2) is 5.75 Å². The summed E-state index contributed by atoms with van der Waals surface area (Å²) < 4.78 is 5.47. The molecule has 2 aromatic rings. The molecule has 0 aliphatic carbocycles. The summed E-state index contributed by atoms with van der Waals surface area (Å²) in [4.78, 5) is 18.2. The number of rotatable bonds is 4. The van der Waals surface area contributed by atoms with E-state index in [-0.39, 0.29) is 12.2 Å². The smallest absolute Gasteiger partial charge is 0.311 e. The molecule has 2 rings (SSSR count). The Labute approximate surface area is 97.7 Å². The van der Waals surface area contributed by atoms with E-state index in [9.17, 15) is 4.79 Å². The molecule has 0 bridgehead atoms. The first kappa shape index (κ1) is 11.1. The third-order valence-corrected chi connectivity index (χ3v) is 1.97. The van der Waals surface area contributed by atoms with Gasteiger partial charge in [0, 0.05) is 0 Å². The lowest BCUT2D eigenvalue weighted by molar-refractivity contribution is -0.136. The topological polar surface area (TPSA) is 72.3 Å². The molecule has 0 saturated carbocycles. The van der Waals surface area contributed by atoms with Gasteiger partial charge in [-0.1, -0.05) is 18.2 Å². The van der Waals surface area contributed by atoms with Crippen LogP contribution in [0.1, 0.15) is 5.82 Å². The second kappa shape index (κ2) is 5.07. The maximum Gasteiger partial charge on any atom is 0.311 e. The Morgan fingerprint density at radius 3 is 2.35 bits per heavy atom. The molecule has 5 nitrogen and oxygen atoms in total. The van der Waals surface area contributed by atoms with Crippen molar-refractivity contribution in [3.8, 4) is 11.5 Å². The zero-order valence-electron chi connectivity index (χ0n) is 8.91. The summed E-state index contributed by atoms with van der Waals surface area (Å²) in [5, 5.41) is 8.56. The van der Waals surface area contributed by atoms with Crippen molar-refractivity contribution in [2.45, 2.75) is 6.42 Å². The van der Waals surface area contributed by atoms with Crippen LogP contribution in [0.15, 0.2) is 42.7 Å². The van der Waals surface area contributed by atoms with Crippen molar-refractivity contribution in [1.29, 1.82) is 0 Å². The minimum absolute atomic E-state index is 0.189. The number of hydrogen-bond donors (Lipinski definition) is 1. The fourth-order valence-electron chi connectivity index (χ4n) is 1.25. The highest BCUT2D eigenvalue weighted by molar-refractivity contribution is 5.68. The lowest BCUT2D eigenvalue weighted by atomic mass is 10.3. The van der Waals surface area contributed by atoms with Gasteiger partial charge in [0.1, 0.15) is 18.0 Å². The van der Waals surface area contributed by atoms with Crippen LogP contribution in [0.3, 0.4) is 0 Å². The summed E-state index contributed by atoms with van der Waals surface area (Å²) in [6.07, 6.45) is 2.72. The summed E-state index contributed by atoms with van der Waals surface area (Å²) >= 11 is 0. The van der Waals surface area contributed by atoms with Gasteiger partial charge < -0.3 is 9.84 Å². The zero-order chi connectivity index (χ0) is 12.1. The average Bonchev–Trinajstić information content (AvgIpc) is 2.32. The summed E-state index contributed by atoms with van der Waals surface area (Å²) in [5.41, 5.74) is 0. The fourth-order valence-corrected chi connectivity index (χ4v) is 1.25. The van der Waals surface area contributed by atoms with Gasteiger partial charge in [0.05, 0.1) is 12.4 Å². The average molecular weight is 230 g/mol. The minimum atomic E-state index is -0.957. The number of carboxylic acids is 1. The van der Waals surface area contributed by atoms with Crippen LogP contribution < -0.4 is 4.74 Å². The molecule has 0 amide bonds. The molecule has 86 valence electrons. The highest BCUT2D eigenvalue weighted by atomic mass is 16.5. The van der Waals surface area contributed by atoms with E-state index >= 15 is 0 Å². The van der Waals surface area contributed by atoms with Crippen molar-refractivity contribution in [1.82, 2.24) is 9.97 Å². The van der Waals surface area contributed by atoms with E-state index in [1.165, 1.54) is 12.4 Å². The van der Waals surface area contributed by atoms with E-state index in [1.807, 2.05) is 30.3 Å². The Morgan fingerprint density at radius 2 is 1.76 bits per heavy atom. The second-order valence-corrected chi connectivity index (χ2v) is 3.32. The van der Waals surface area contributed by atoms with E-state index in [1.54, 1.807) is 0 Å². The normalized spacial score (nSPS) is 9.88. The standard InChI is InChI=1S/C12H10N2O3/c15-12(16)6-11-13-7-10(8-14-11)17-9-4-2-1-3-5-9/h1-5,7-8H,6H2,(H,15,16). The van der Waals surface area contributed by atoms with Gasteiger partial charge in [-0.15, -0.1) is 0 Å². The fraction of sp³-hybridized carbons (Fsp3) is 0.0833. The lowest BCUT2D eigenvalue weighted by Crippen LogP contribution is -2.04. The molecule has 0 saturated heterocycles. The molecule has 1 heterocycles. The van der Waals surface area contributed by atoms with Gasteiger partial charge in [-0.05, 0) is 12.1 Å². The number of carbonyl (C=O) groups is 1. The Bertz CT molecular complexity index is 497. The molecule has 0 atom stereocenters. The minimum Gasteiger partial charge on any atom is -0.481 e. The second-order valence-electron chi connectivity index (χ2n) is 3.32. The van der Waals surface area contributed by atoms with Gasteiger partial charge in [0.25, 0.3) is 0 Å². The summed E-state index contributed by atoms with van der Waals surface area (Å²) in [5.74, 6) is 0.465. The van der Waals surface area contributed by atoms with Crippen LogP contribution in [0, 0.1) is 0 Å². The first-order valence-electron chi connectivity index (χ1n) is 4.99. The first-order chi connectivity index (χ1) is 8.24. The van der Waals surface area contributed by atoms with Gasteiger partial charge in [0.2, 0.25) is 0 Å². The van der Waals surface area contributed by atoms with Crippen molar-refractivity contribution in [3.63, 3.8) is 0 Å². The molecular formula is C12H10N2O3. The van der Waals surface area contributed by atoms with Crippen molar-refractivity contribution < 1.29 is 14.6 Å². The number of ether oxygens (including phenoxy) is 1. The van der Waals surface area contributed by atoms with Crippen LogP contribution in [0.25, 0.3) is 0 Å². The van der Waals surface area contributed by atoms with Crippen LogP contribution in [-0.4, -0.2) is 21.0 Å².